The molecule has 3 heterocycles. The third kappa shape index (κ3) is 14.8. The summed E-state index contributed by atoms with van der Waals surface area (Å²) in [6.07, 6.45) is 8.32. The van der Waals surface area contributed by atoms with Gasteiger partial charge in [0, 0.05) is 37.2 Å². The van der Waals surface area contributed by atoms with E-state index in [1.165, 1.54) is 18.6 Å². The van der Waals surface area contributed by atoms with Crippen molar-refractivity contribution >= 4 is 18.6 Å². The number of hydrogen-bond donors (Lipinski definition) is 0. The van der Waals surface area contributed by atoms with E-state index in [-0.39, 0.29) is 40.5 Å². The molecule has 0 atom stereocenters. The van der Waals surface area contributed by atoms with Crippen molar-refractivity contribution in [2.45, 2.75) is 0 Å². The van der Waals surface area contributed by atoms with Gasteiger partial charge in [0.25, 0.3) is 0 Å². The van der Waals surface area contributed by atoms with Crippen molar-refractivity contribution in [1.82, 2.24) is 15.0 Å². The second-order valence-electron chi connectivity index (χ2n) is 4.47. The van der Waals surface area contributed by atoms with Gasteiger partial charge in [0.2, 0.25) is 0 Å². The van der Waals surface area contributed by atoms with Crippen LogP contribution in [-0.4, -0.2) is 33.6 Å². The van der Waals surface area contributed by atoms with E-state index in [1.807, 2.05) is 0 Å². The first kappa shape index (κ1) is 28.3. The van der Waals surface area contributed by atoms with Crippen molar-refractivity contribution in [2.75, 3.05) is 0 Å². The van der Waals surface area contributed by atoms with Crippen molar-refractivity contribution in [3.05, 3.63) is 106 Å². The molecule has 9 nitrogen and oxygen atoms in total. The van der Waals surface area contributed by atoms with E-state index in [0.717, 1.165) is 0 Å². The molecule has 3 rings (SSSR count). The molecule has 0 radical (unpaired) electrons. The Bertz CT molecular complexity index is 712. The van der Waals surface area contributed by atoms with Gasteiger partial charge in [-0.25, -0.2) is 0 Å². The van der Waals surface area contributed by atoms with Crippen molar-refractivity contribution in [3.63, 3.8) is 0 Å². The maximum atomic E-state index is 9.63. The summed E-state index contributed by atoms with van der Waals surface area (Å²) in [6, 6.07) is 15.9. The fourth-order valence-corrected chi connectivity index (χ4v) is 1.52. The maximum absolute atomic E-state index is 9.63. The molecule has 0 saturated heterocycles. The van der Waals surface area contributed by atoms with Crippen LogP contribution in [0.25, 0.3) is 0 Å². The fraction of sp³-hybridized carbons (Fsp3) is 0. The molecule has 0 aliphatic heterocycles. The van der Waals surface area contributed by atoms with Gasteiger partial charge in [-0.05, 0) is 36.4 Å². The number of nitrogens with zero attached hydrogens (tertiary/aromatic N) is 6. The first-order valence-electron chi connectivity index (χ1n) is 7.50. The first-order chi connectivity index (χ1) is 13.3. The van der Waals surface area contributed by atoms with Gasteiger partial charge in [0.15, 0.2) is 0 Å². The molecule has 0 aromatic carbocycles. The number of halogens is 1. The Balaban J connectivity index is 0. The monoisotopic (exact) mass is 548 g/mol. The van der Waals surface area contributed by atoms with Crippen LogP contribution in [0, 0.1) is 15.6 Å². The molecule has 0 aliphatic carbocycles. The van der Waals surface area contributed by atoms with Gasteiger partial charge >= 0.3 is 16.5 Å². The molecule has 0 bridgehead atoms. The molecule has 0 N–H and O–H groups in total. The Morgan fingerprint density at radius 2 is 0.828 bits per heavy atom. The van der Waals surface area contributed by atoms with E-state index in [1.54, 1.807) is 73.2 Å². The molecule has 0 unspecified atom stereocenters. The van der Waals surface area contributed by atoms with E-state index in [2.05, 4.69) is 30.4 Å². The zero-order valence-electron chi connectivity index (χ0n) is 14.8. The molecule has 3 aromatic heterocycles. The standard InChI is InChI=1S/3C6H6N2O.HI.Ni/c3*9-8-5-6-3-1-2-4-7-6;;/h3*1-5,9H;1H;/q;;;;+2/p-4/b3*8-5+;;. The van der Waals surface area contributed by atoms with Gasteiger partial charge in [-0.15, -0.1) is 0 Å². The molecular weight excluding hydrogens is 534 g/mol. The molecular formula is C18H15IN6NiO3-2. The molecule has 0 spiro atoms. The van der Waals surface area contributed by atoms with Gasteiger partial charge in [-0.2, -0.15) is 0 Å². The molecule has 0 saturated carbocycles. The molecule has 154 valence electrons. The fourth-order valence-electron chi connectivity index (χ4n) is 1.52. The Kier molecular flexibility index (Phi) is 19.4. The Hall–Kier alpha value is -2.92. The minimum Gasteiger partial charge on any atom is -1.00 e. The summed E-state index contributed by atoms with van der Waals surface area (Å²) in [6.45, 7) is 0. The third-order valence-corrected chi connectivity index (χ3v) is 2.62. The number of hydrogen-bond acceptors (Lipinski definition) is 9. The summed E-state index contributed by atoms with van der Waals surface area (Å²) in [5.74, 6) is 0. The van der Waals surface area contributed by atoms with E-state index in [4.69, 9.17) is 0 Å². The van der Waals surface area contributed by atoms with Gasteiger partial charge < -0.3 is 55.1 Å². The van der Waals surface area contributed by atoms with Crippen LogP contribution in [0.4, 0.5) is 0 Å². The molecule has 0 fully saturated rings. The Labute approximate surface area is 194 Å². The normalized spacial score (nSPS) is 9.52. The largest absolute Gasteiger partial charge is 2.00 e. The molecule has 11 heteroatoms. The first-order valence-corrected chi connectivity index (χ1v) is 7.50. The Morgan fingerprint density at radius 3 is 1.00 bits per heavy atom. The van der Waals surface area contributed by atoms with E-state index in [0.29, 0.717) is 17.1 Å². The van der Waals surface area contributed by atoms with Crippen molar-refractivity contribution in [1.29, 1.82) is 0 Å². The van der Waals surface area contributed by atoms with Gasteiger partial charge in [0.1, 0.15) is 0 Å². The van der Waals surface area contributed by atoms with Crippen LogP contribution in [0.5, 0.6) is 0 Å². The van der Waals surface area contributed by atoms with Crippen molar-refractivity contribution in [3.8, 4) is 0 Å². The topological polar surface area (TPSA) is 145 Å². The summed E-state index contributed by atoms with van der Waals surface area (Å²) in [4.78, 5) is 11.5. The smallest absolute Gasteiger partial charge is 1.00 e. The average Bonchev–Trinajstić information content (AvgIpc) is 2.72. The van der Waals surface area contributed by atoms with Crippen LogP contribution in [-0.2, 0) is 16.5 Å². The molecule has 0 aliphatic rings. The van der Waals surface area contributed by atoms with E-state index < -0.39 is 0 Å². The van der Waals surface area contributed by atoms with Crippen molar-refractivity contribution in [2.24, 2.45) is 15.5 Å². The Morgan fingerprint density at radius 1 is 0.552 bits per heavy atom. The zero-order valence-corrected chi connectivity index (χ0v) is 17.9. The average molecular weight is 549 g/mol. The van der Waals surface area contributed by atoms with Crippen LogP contribution < -0.4 is 24.0 Å². The van der Waals surface area contributed by atoms with E-state index in [9.17, 15) is 15.6 Å². The third-order valence-electron chi connectivity index (χ3n) is 2.62. The number of pyridine rings is 3. The second kappa shape index (κ2) is 19.8. The molecule has 3 aromatic rings. The minimum atomic E-state index is 0. The summed E-state index contributed by atoms with van der Waals surface area (Å²) in [5, 5.41) is 36.6. The quantitative estimate of drug-likeness (QED) is 0.195. The van der Waals surface area contributed by atoms with Crippen LogP contribution in [0.3, 0.4) is 0 Å². The van der Waals surface area contributed by atoms with Crippen LogP contribution >= 0.6 is 0 Å². The molecule has 29 heavy (non-hydrogen) atoms. The zero-order chi connectivity index (χ0) is 19.6. The summed E-state index contributed by atoms with van der Waals surface area (Å²) in [5.41, 5.74) is 1.77. The van der Waals surface area contributed by atoms with Crippen LogP contribution in [0.2, 0.25) is 0 Å². The van der Waals surface area contributed by atoms with Gasteiger partial charge in [-0.3, -0.25) is 15.0 Å². The summed E-state index contributed by atoms with van der Waals surface area (Å²) in [7, 11) is 0. The minimum absolute atomic E-state index is 0. The van der Waals surface area contributed by atoms with Crippen molar-refractivity contribution < 1.29 is 40.5 Å². The van der Waals surface area contributed by atoms with Crippen LogP contribution in [0.1, 0.15) is 17.1 Å². The maximum Gasteiger partial charge on any atom is 2.00 e. The van der Waals surface area contributed by atoms with E-state index >= 15 is 0 Å². The SMILES string of the molecule is [I-].[Ni+2].[O-]/N=C/c1ccccn1.[O-]/N=C/c1ccccn1.[O-]/N=C/c1ccccn1. The number of aromatic nitrogens is 3. The van der Waals surface area contributed by atoms with Gasteiger partial charge in [0.05, 0.1) is 17.1 Å². The molecule has 0 amide bonds. The summed E-state index contributed by atoms with van der Waals surface area (Å²) < 4.78 is 0. The predicted molar refractivity (Wildman–Crippen MR) is 106 cm³/mol. The van der Waals surface area contributed by atoms with Gasteiger partial charge in [-0.1, -0.05) is 18.2 Å². The second-order valence-corrected chi connectivity index (χ2v) is 4.47. The predicted octanol–water partition coefficient (Wildman–Crippen LogP) is -0.00360. The summed E-state index contributed by atoms with van der Waals surface area (Å²) >= 11 is 0. The van der Waals surface area contributed by atoms with Crippen LogP contribution in [0.15, 0.2) is 88.7 Å². The number of rotatable bonds is 3.